The van der Waals surface area contributed by atoms with Crippen molar-refractivity contribution in [3.05, 3.63) is 0 Å². The number of hydrogen-bond donors (Lipinski definition) is 3. The van der Waals surface area contributed by atoms with Gasteiger partial charge >= 0.3 is 6.03 Å². The molecule has 0 radical (unpaired) electrons. The van der Waals surface area contributed by atoms with E-state index in [1.807, 2.05) is 19.2 Å². The minimum Gasteiger partial charge on any atom is -0.351 e. The van der Waals surface area contributed by atoms with Gasteiger partial charge in [0.05, 0.1) is 5.75 Å². The molecule has 6 heteroatoms. The summed E-state index contributed by atoms with van der Waals surface area (Å²) in [5.41, 5.74) is 10.1. The quantitative estimate of drug-likeness (QED) is 0.584. The minimum atomic E-state index is -0.822. The Balaban J connectivity index is 3.54. The fraction of sp³-hybridized carbons (Fsp3) is 0.714. The first-order valence-electron chi connectivity index (χ1n) is 3.77. The van der Waals surface area contributed by atoms with Crippen molar-refractivity contribution in [3.63, 3.8) is 0 Å². The number of nitrogens with one attached hydrogen (secondary N) is 1. The maximum atomic E-state index is 10.9. The molecule has 0 fully saturated rings. The highest BCUT2D eigenvalue weighted by Gasteiger charge is 2.12. The lowest BCUT2D eigenvalue weighted by Gasteiger charge is -2.16. The standard InChI is InChI=1S/C7H15N3O2S/c1-7(2,9)4-13-3-5(11)10-6(8)12/h3-4,9H2,1-2H3,(H3,8,10,11,12). The van der Waals surface area contributed by atoms with Gasteiger partial charge < -0.3 is 11.5 Å². The summed E-state index contributed by atoms with van der Waals surface area (Å²) in [5, 5.41) is 1.97. The van der Waals surface area contributed by atoms with Crippen LogP contribution in [-0.4, -0.2) is 29.0 Å². The van der Waals surface area contributed by atoms with Crippen LogP contribution in [0.3, 0.4) is 0 Å². The maximum absolute atomic E-state index is 10.9. The van der Waals surface area contributed by atoms with Crippen molar-refractivity contribution in [2.75, 3.05) is 11.5 Å². The predicted octanol–water partition coefficient (Wildman–Crippen LogP) is -0.348. The predicted molar refractivity (Wildman–Crippen MR) is 53.3 cm³/mol. The molecule has 5 N–H and O–H groups in total. The van der Waals surface area contributed by atoms with E-state index in [2.05, 4.69) is 0 Å². The van der Waals surface area contributed by atoms with Gasteiger partial charge in [0.15, 0.2) is 0 Å². The number of nitrogens with two attached hydrogens (primary N) is 2. The van der Waals surface area contributed by atoms with Crippen molar-refractivity contribution in [1.82, 2.24) is 5.32 Å². The first-order valence-corrected chi connectivity index (χ1v) is 4.92. The Bertz CT molecular complexity index is 200. The van der Waals surface area contributed by atoms with E-state index in [0.29, 0.717) is 5.75 Å². The third-order valence-corrected chi connectivity index (χ3v) is 2.38. The Morgan fingerprint density at radius 1 is 1.46 bits per heavy atom. The first kappa shape index (κ1) is 12.2. The fourth-order valence-electron chi connectivity index (χ4n) is 0.580. The molecule has 0 spiro atoms. The van der Waals surface area contributed by atoms with Crippen molar-refractivity contribution in [2.45, 2.75) is 19.4 Å². The van der Waals surface area contributed by atoms with Crippen molar-refractivity contribution in [3.8, 4) is 0 Å². The number of thioether (sulfide) groups is 1. The van der Waals surface area contributed by atoms with E-state index in [-0.39, 0.29) is 17.2 Å². The average Bonchev–Trinajstić information content (AvgIpc) is 1.81. The van der Waals surface area contributed by atoms with Gasteiger partial charge in [0.25, 0.3) is 0 Å². The van der Waals surface area contributed by atoms with Gasteiger partial charge in [0.1, 0.15) is 0 Å². The van der Waals surface area contributed by atoms with Crippen LogP contribution in [0.15, 0.2) is 0 Å². The topological polar surface area (TPSA) is 98.2 Å². The van der Waals surface area contributed by atoms with Gasteiger partial charge in [-0.15, -0.1) is 0 Å². The second-order valence-corrected chi connectivity index (χ2v) is 4.38. The van der Waals surface area contributed by atoms with Crippen LogP contribution in [-0.2, 0) is 4.79 Å². The third kappa shape index (κ3) is 9.16. The minimum absolute atomic E-state index is 0.198. The summed E-state index contributed by atoms with van der Waals surface area (Å²) >= 11 is 1.37. The van der Waals surface area contributed by atoms with Crippen molar-refractivity contribution in [1.29, 1.82) is 0 Å². The number of rotatable bonds is 4. The molecule has 0 aromatic heterocycles. The van der Waals surface area contributed by atoms with E-state index in [9.17, 15) is 9.59 Å². The molecule has 13 heavy (non-hydrogen) atoms. The van der Waals surface area contributed by atoms with Crippen LogP contribution in [0.4, 0.5) is 4.79 Å². The summed E-state index contributed by atoms with van der Waals surface area (Å²) < 4.78 is 0. The Morgan fingerprint density at radius 3 is 2.38 bits per heavy atom. The Kier molecular flexibility index (Phi) is 4.79. The highest BCUT2D eigenvalue weighted by atomic mass is 32.2. The number of amides is 3. The molecular weight excluding hydrogens is 190 g/mol. The summed E-state index contributed by atoms with van der Waals surface area (Å²) in [5.74, 6) is 0.463. The number of hydrogen-bond acceptors (Lipinski definition) is 4. The molecule has 3 amide bonds. The number of carbonyl (C=O) groups excluding carboxylic acids is 2. The van der Waals surface area contributed by atoms with Gasteiger partial charge in [-0.25, -0.2) is 4.79 Å². The zero-order chi connectivity index (χ0) is 10.5. The molecular formula is C7H15N3O2S. The molecule has 5 nitrogen and oxygen atoms in total. The Hall–Kier alpha value is -0.750. The number of primary amides is 1. The zero-order valence-corrected chi connectivity index (χ0v) is 8.61. The molecule has 0 atom stereocenters. The van der Waals surface area contributed by atoms with Crippen LogP contribution in [0, 0.1) is 0 Å². The van der Waals surface area contributed by atoms with E-state index < -0.39 is 6.03 Å². The molecule has 0 aliphatic carbocycles. The van der Waals surface area contributed by atoms with E-state index in [0.717, 1.165) is 0 Å². The van der Waals surface area contributed by atoms with Gasteiger partial charge in [-0.1, -0.05) is 0 Å². The highest BCUT2D eigenvalue weighted by Crippen LogP contribution is 2.08. The number of imide groups is 1. The summed E-state index contributed by atoms with van der Waals surface area (Å²) in [6, 6.07) is -0.822. The SMILES string of the molecule is CC(C)(N)CSCC(=O)NC(N)=O. The lowest BCUT2D eigenvalue weighted by molar-refractivity contribution is -0.117. The van der Waals surface area contributed by atoms with Crippen molar-refractivity contribution < 1.29 is 9.59 Å². The van der Waals surface area contributed by atoms with Crippen molar-refractivity contribution >= 4 is 23.7 Å². The van der Waals surface area contributed by atoms with E-state index in [1.165, 1.54) is 11.8 Å². The molecule has 0 aromatic rings. The van der Waals surface area contributed by atoms with Crippen LogP contribution in [0.1, 0.15) is 13.8 Å². The largest absolute Gasteiger partial charge is 0.351 e. The van der Waals surface area contributed by atoms with Gasteiger partial charge in [-0.3, -0.25) is 10.1 Å². The molecule has 0 bridgehead atoms. The fourth-order valence-corrected chi connectivity index (χ4v) is 1.47. The lowest BCUT2D eigenvalue weighted by atomic mass is 10.1. The molecule has 0 saturated carbocycles. The van der Waals surface area contributed by atoms with Crippen LogP contribution in [0.5, 0.6) is 0 Å². The van der Waals surface area contributed by atoms with Gasteiger partial charge in [-0.05, 0) is 13.8 Å². The van der Waals surface area contributed by atoms with E-state index >= 15 is 0 Å². The van der Waals surface area contributed by atoms with Crippen LogP contribution in [0.2, 0.25) is 0 Å². The normalized spacial score (nSPS) is 11.0. The highest BCUT2D eigenvalue weighted by molar-refractivity contribution is 8.00. The smallest absolute Gasteiger partial charge is 0.318 e. The second kappa shape index (κ2) is 5.08. The van der Waals surface area contributed by atoms with E-state index in [4.69, 9.17) is 11.5 Å². The number of urea groups is 1. The van der Waals surface area contributed by atoms with Crippen LogP contribution >= 0.6 is 11.8 Å². The summed E-state index contributed by atoms with van der Waals surface area (Å²) in [4.78, 5) is 21.1. The second-order valence-electron chi connectivity index (χ2n) is 3.39. The monoisotopic (exact) mass is 205 g/mol. The lowest BCUT2D eigenvalue weighted by Crippen LogP contribution is -2.38. The van der Waals surface area contributed by atoms with Gasteiger partial charge in [0.2, 0.25) is 5.91 Å². The summed E-state index contributed by atoms with van der Waals surface area (Å²) in [6.07, 6.45) is 0. The average molecular weight is 205 g/mol. The molecule has 0 heterocycles. The molecule has 76 valence electrons. The molecule has 0 aromatic carbocycles. The number of carbonyl (C=O) groups is 2. The van der Waals surface area contributed by atoms with Crippen LogP contribution in [0.25, 0.3) is 0 Å². The van der Waals surface area contributed by atoms with E-state index in [1.54, 1.807) is 0 Å². The summed E-state index contributed by atoms with van der Waals surface area (Å²) in [7, 11) is 0. The molecule has 0 saturated heterocycles. The van der Waals surface area contributed by atoms with Crippen LogP contribution < -0.4 is 16.8 Å². The molecule has 0 rings (SSSR count). The molecule has 0 unspecified atom stereocenters. The molecule has 0 aliphatic heterocycles. The first-order chi connectivity index (χ1) is 5.81. The van der Waals surface area contributed by atoms with Gasteiger partial charge in [-0.2, -0.15) is 11.8 Å². The van der Waals surface area contributed by atoms with Crippen molar-refractivity contribution in [2.24, 2.45) is 11.5 Å². The molecule has 0 aliphatic rings. The van der Waals surface area contributed by atoms with Gasteiger partial charge in [0, 0.05) is 11.3 Å². The Morgan fingerprint density at radius 2 is 2.00 bits per heavy atom. The maximum Gasteiger partial charge on any atom is 0.318 e. The summed E-state index contributed by atoms with van der Waals surface area (Å²) in [6.45, 7) is 3.73. The Labute approximate surface area is 81.6 Å². The zero-order valence-electron chi connectivity index (χ0n) is 7.79. The third-order valence-electron chi connectivity index (χ3n) is 0.970.